The molecule has 0 saturated heterocycles. The zero-order valence-corrected chi connectivity index (χ0v) is 11.8. The SMILES string of the molecule is Nc1ncc(CNC(=O)c2cc3c(Cl)cccn3n2)s1. The fraction of sp³-hybridized carbons (Fsp3) is 0.0833. The second kappa shape index (κ2) is 5.10. The van der Waals surface area contributed by atoms with Crippen LogP contribution in [0.25, 0.3) is 5.52 Å². The summed E-state index contributed by atoms with van der Waals surface area (Å²) in [5.74, 6) is -0.267. The average Bonchev–Trinajstić information content (AvgIpc) is 3.03. The topological polar surface area (TPSA) is 85.3 Å². The summed E-state index contributed by atoms with van der Waals surface area (Å²) in [4.78, 5) is 16.8. The summed E-state index contributed by atoms with van der Waals surface area (Å²) in [6, 6.07) is 5.17. The molecular weight excluding hydrogens is 298 g/mol. The quantitative estimate of drug-likeness (QED) is 0.774. The predicted octanol–water partition coefficient (Wildman–Crippen LogP) is 1.96. The molecule has 102 valence electrons. The van der Waals surface area contributed by atoms with E-state index in [1.54, 1.807) is 35.1 Å². The van der Waals surface area contributed by atoms with Gasteiger partial charge in [-0.05, 0) is 18.2 Å². The summed E-state index contributed by atoms with van der Waals surface area (Å²) in [5.41, 5.74) is 6.54. The van der Waals surface area contributed by atoms with E-state index < -0.39 is 0 Å². The van der Waals surface area contributed by atoms with Gasteiger partial charge in [0.25, 0.3) is 5.91 Å². The Balaban J connectivity index is 1.77. The third kappa shape index (κ3) is 2.45. The molecule has 0 radical (unpaired) electrons. The molecule has 0 aliphatic carbocycles. The molecule has 20 heavy (non-hydrogen) atoms. The summed E-state index contributed by atoms with van der Waals surface area (Å²) in [6.45, 7) is 0.370. The van der Waals surface area contributed by atoms with Crippen LogP contribution >= 0.6 is 22.9 Å². The molecule has 0 aliphatic rings. The lowest BCUT2D eigenvalue weighted by Gasteiger charge is -1.99. The molecule has 1 amide bonds. The Morgan fingerprint density at radius 1 is 1.55 bits per heavy atom. The summed E-state index contributed by atoms with van der Waals surface area (Å²) in [5, 5.41) is 7.97. The highest BCUT2D eigenvalue weighted by molar-refractivity contribution is 7.15. The lowest BCUT2D eigenvalue weighted by Crippen LogP contribution is -2.22. The summed E-state index contributed by atoms with van der Waals surface area (Å²) in [7, 11) is 0. The standard InChI is InChI=1S/C12H10ClN5OS/c13-8-2-1-3-18-10(8)4-9(17-18)11(19)15-5-7-6-16-12(14)20-7/h1-4,6H,5H2,(H2,14,16)(H,15,19). The molecule has 3 heterocycles. The van der Waals surface area contributed by atoms with Crippen molar-refractivity contribution >= 4 is 39.5 Å². The van der Waals surface area contributed by atoms with E-state index >= 15 is 0 Å². The van der Waals surface area contributed by atoms with E-state index in [-0.39, 0.29) is 5.91 Å². The number of nitrogens with two attached hydrogens (primary N) is 1. The Labute approximate surface area is 123 Å². The van der Waals surface area contributed by atoms with E-state index in [0.717, 1.165) is 4.88 Å². The lowest BCUT2D eigenvalue weighted by atomic mass is 10.3. The minimum absolute atomic E-state index is 0.267. The first-order valence-electron chi connectivity index (χ1n) is 5.76. The van der Waals surface area contributed by atoms with Gasteiger partial charge in [-0.2, -0.15) is 5.10 Å². The van der Waals surface area contributed by atoms with Crippen molar-refractivity contribution in [2.75, 3.05) is 5.73 Å². The summed E-state index contributed by atoms with van der Waals surface area (Å²) >= 11 is 7.38. The number of nitrogens with zero attached hydrogens (tertiary/aromatic N) is 3. The maximum absolute atomic E-state index is 12.0. The fourth-order valence-electron chi connectivity index (χ4n) is 1.75. The highest BCUT2D eigenvalue weighted by Gasteiger charge is 2.12. The van der Waals surface area contributed by atoms with E-state index in [9.17, 15) is 4.79 Å². The molecule has 0 unspecified atom stereocenters. The number of fused-ring (bicyclic) bond motifs is 1. The Morgan fingerprint density at radius 3 is 3.10 bits per heavy atom. The number of aromatic nitrogens is 3. The van der Waals surface area contributed by atoms with Crippen LogP contribution in [0, 0.1) is 0 Å². The zero-order chi connectivity index (χ0) is 14.1. The normalized spacial score (nSPS) is 10.8. The molecule has 0 bridgehead atoms. The van der Waals surface area contributed by atoms with E-state index in [2.05, 4.69) is 15.4 Å². The first-order chi connectivity index (χ1) is 9.63. The summed E-state index contributed by atoms with van der Waals surface area (Å²) in [6.07, 6.45) is 3.38. The molecule has 0 atom stereocenters. The number of hydrogen-bond donors (Lipinski definition) is 2. The third-order valence-electron chi connectivity index (χ3n) is 2.68. The Kier molecular flexibility index (Phi) is 3.29. The van der Waals surface area contributed by atoms with Gasteiger partial charge in [0.05, 0.1) is 17.1 Å². The Hall–Kier alpha value is -2.12. The van der Waals surface area contributed by atoms with Gasteiger partial charge in [0.2, 0.25) is 0 Å². The number of nitrogen functional groups attached to an aromatic ring is 1. The monoisotopic (exact) mass is 307 g/mol. The van der Waals surface area contributed by atoms with Crippen LogP contribution in [0.1, 0.15) is 15.4 Å². The van der Waals surface area contributed by atoms with Gasteiger partial charge in [-0.3, -0.25) is 4.79 Å². The smallest absolute Gasteiger partial charge is 0.272 e. The van der Waals surface area contributed by atoms with Gasteiger partial charge in [-0.25, -0.2) is 9.50 Å². The second-order valence-electron chi connectivity index (χ2n) is 4.06. The van der Waals surface area contributed by atoms with Crippen LogP contribution in [0.2, 0.25) is 5.02 Å². The molecule has 6 nitrogen and oxygen atoms in total. The lowest BCUT2D eigenvalue weighted by molar-refractivity contribution is 0.0946. The van der Waals surface area contributed by atoms with Crippen LogP contribution in [-0.4, -0.2) is 20.5 Å². The molecule has 0 saturated carbocycles. The molecule has 8 heteroatoms. The van der Waals surface area contributed by atoms with Crippen molar-refractivity contribution in [2.24, 2.45) is 0 Å². The predicted molar refractivity (Wildman–Crippen MR) is 77.9 cm³/mol. The maximum atomic E-state index is 12.0. The molecule has 0 spiro atoms. The number of anilines is 1. The fourth-order valence-corrected chi connectivity index (χ4v) is 2.59. The number of thiazole rings is 1. The number of carbonyl (C=O) groups is 1. The van der Waals surface area contributed by atoms with Crippen LogP contribution in [0.15, 0.2) is 30.6 Å². The van der Waals surface area contributed by atoms with Crippen LogP contribution in [0.5, 0.6) is 0 Å². The highest BCUT2D eigenvalue weighted by Crippen LogP contribution is 2.18. The van der Waals surface area contributed by atoms with Crippen LogP contribution in [-0.2, 0) is 6.54 Å². The number of rotatable bonds is 3. The largest absolute Gasteiger partial charge is 0.375 e. The van der Waals surface area contributed by atoms with Gasteiger partial charge in [0.15, 0.2) is 10.8 Å². The van der Waals surface area contributed by atoms with Gasteiger partial charge >= 0.3 is 0 Å². The number of halogens is 1. The van der Waals surface area contributed by atoms with Crippen molar-refractivity contribution in [1.29, 1.82) is 0 Å². The van der Waals surface area contributed by atoms with E-state index in [1.807, 2.05) is 0 Å². The van der Waals surface area contributed by atoms with Crippen molar-refractivity contribution in [3.63, 3.8) is 0 Å². The van der Waals surface area contributed by atoms with Crippen molar-refractivity contribution < 1.29 is 4.79 Å². The van der Waals surface area contributed by atoms with Gasteiger partial charge in [0, 0.05) is 17.3 Å². The third-order valence-corrected chi connectivity index (χ3v) is 3.82. The first kappa shape index (κ1) is 12.9. The summed E-state index contributed by atoms with van der Waals surface area (Å²) < 4.78 is 1.57. The number of nitrogens with one attached hydrogen (secondary N) is 1. The van der Waals surface area contributed by atoms with Crippen molar-refractivity contribution in [2.45, 2.75) is 6.54 Å². The van der Waals surface area contributed by atoms with Gasteiger partial charge in [-0.15, -0.1) is 11.3 Å². The number of hydrogen-bond acceptors (Lipinski definition) is 5. The maximum Gasteiger partial charge on any atom is 0.272 e. The molecule has 0 fully saturated rings. The number of amides is 1. The molecule has 3 N–H and O–H groups in total. The molecular formula is C12H10ClN5OS. The zero-order valence-electron chi connectivity index (χ0n) is 10.2. The first-order valence-corrected chi connectivity index (χ1v) is 6.95. The molecule has 3 aromatic rings. The Morgan fingerprint density at radius 2 is 2.40 bits per heavy atom. The van der Waals surface area contributed by atoms with Crippen molar-refractivity contribution in [3.05, 3.63) is 46.2 Å². The van der Waals surface area contributed by atoms with Crippen molar-refractivity contribution in [3.8, 4) is 0 Å². The Bertz CT molecular complexity index is 781. The second-order valence-corrected chi connectivity index (χ2v) is 5.62. The van der Waals surface area contributed by atoms with Gasteiger partial charge in [-0.1, -0.05) is 11.6 Å². The molecule has 3 rings (SSSR count). The minimum atomic E-state index is -0.267. The van der Waals surface area contributed by atoms with E-state index in [0.29, 0.717) is 27.9 Å². The van der Waals surface area contributed by atoms with Crippen LogP contribution in [0.3, 0.4) is 0 Å². The molecule has 3 aromatic heterocycles. The van der Waals surface area contributed by atoms with Gasteiger partial charge in [0.1, 0.15) is 0 Å². The number of carbonyl (C=O) groups excluding carboxylic acids is 1. The van der Waals surface area contributed by atoms with E-state index in [4.69, 9.17) is 17.3 Å². The number of pyridine rings is 1. The molecule has 0 aromatic carbocycles. The van der Waals surface area contributed by atoms with E-state index in [1.165, 1.54) is 11.3 Å². The average molecular weight is 308 g/mol. The van der Waals surface area contributed by atoms with Gasteiger partial charge < -0.3 is 11.1 Å². The van der Waals surface area contributed by atoms with Crippen LogP contribution in [0.4, 0.5) is 5.13 Å². The highest BCUT2D eigenvalue weighted by atomic mass is 35.5. The van der Waals surface area contributed by atoms with Crippen molar-refractivity contribution in [1.82, 2.24) is 19.9 Å². The molecule has 0 aliphatic heterocycles. The minimum Gasteiger partial charge on any atom is -0.375 e. The van der Waals surface area contributed by atoms with Crippen LogP contribution < -0.4 is 11.1 Å².